The van der Waals surface area contributed by atoms with Gasteiger partial charge in [-0.15, -0.1) is 0 Å². The van der Waals surface area contributed by atoms with Crippen molar-refractivity contribution in [2.24, 2.45) is 0 Å². The Balaban J connectivity index is 2.06. The zero-order valence-electron chi connectivity index (χ0n) is 19.7. The third-order valence-electron chi connectivity index (χ3n) is 5.98. The van der Waals surface area contributed by atoms with Crippen LogP contribution in [0.25, 0.3) is 22.6 Å². The van der Waals surface area contributed by atoms with Gasteiger partial charge in [-0.2, -0.15) is 23.5 Å². The molecule has 0 aliphatic rings. The summed E-state index contributed by atoms with van der Waals surface area (Å²) >= 11 is 0. The van der Waals surface area contributed by atoms with Crippen molar-refractivity contribution in [1.29, 1.82) is 5.26 Å². The number of aldehydes is 1. The van der Waals surface area contributed by atoms with Gasteiger partial charge in [0.15, 0.2) is 0 Å². The zero-order valence-corrected chi connectivity index (χ0v) is 19.7. The molecule has 11 heteroatoms. The molecular weight excluding hydrogens is 487 g/mol. The van der Waals surface area contributed by atoms with E-state index in [-0.39, 0.29) is 29.1 Å². The first kappa shape index (κ1) is 25.4. The summed E-state index contributed by atoms with van der Waals surface area (Å²) in [6.45, 7) is 2.97. The molecule has 0 N–H and O–H groups in total. The highest BCUT2D eigenvalue weighted by molar-refractivity contribution is 5.65. The van der Waals surface area contributed by atoms with Crippen LogP contribution in [-0.4, -0.2) is 25.2 Å². The van der Waals surface area contributed by atoms with E-state index in [9.17, 15) is 27.6 Å². The van der Waals surface area contributed by atoms with Crippen molar-refractivity contribution in [2.45, 2.75) is 32.5 Å². The van der Waals surface area contributed by atoms with Gasteiger partial charge < -0.3 is 4.79 Å². The highest BCUT2D eigenvalue weighted by Gasteiger charge is 2.31. The van der Waals surface area contributed by atoms with Gasteiger partial charge in [0.05, 0.1) is 46.0 Å². The number of aromatic nitrogens is 4. The molecule has 0 fully saturated rings. The molecule has 4 aromatic rings. The highest BCUT2D eigenvalue weighted by atomic mass is 19.4. The molecule has 8 nitrogen and oxygen atoms in total. The number of rotatable bonds is 6. The van der Waals surface area contributed by atoms with Crippen molar-refractivity contribution in [2.75, 3.05) is 0 Å². The van der Waals surface area contributed by atoms with Crippen molar-refractivity contribution < 1.29 is 18.0 Å². The fraction of sp³-hybridized carbons (Fsp3) is 0.192. The maximum atomic E-state index is 13.7. The van der Waals surface area contributed by atoms with Crippen LogP contribution in [0.1, 0.15) is 36.2 Å². The molecule has 0 amide bonds. The summed E-state index contributed by atoms with van der Waals surface area (Å²) in [4.78, 5) is 38.4. The normalized spacial score (nSPS) is 12.2. The fourth-order valence-corrected chi connectivity index (χ4v) is 4.15. The molecule has 0 spiro atoms. The second kappa shape index (κ2) is 9.73. The molecule has 0 aliphatic carbocycles. The fourth-order valence-electron chi connectivity index (χ4n) is 4.15. The lowest BCUT2D eigenvalue weighted by atomic mass is 10.1. The van der Waals surface area contributed by atoms with Gasteiger partial charge in [0, 0.05) is 18.2 Å². The minimum Gasteiger partial charge on any atom is -0.303 e. The van der Waals surface area contributed by atoms with E-state index in [1.54, 1.807) is 24.3 Å². The Kier molecular flexibility index (Phi) is 6.68. The summed E-state index contributed by atoms with van der Waals surface area (Å²) in [5.74, 6) is 0. The van der Waals surface area contributed by atoms with Gasteiger partial charge in [-0.25, -0.2) is 9.48 Å². The van der Waals surface area contributed by atoms with E-state index in [1.165, 1.54) is 42.9 Å². The van der Waals surface area contributed by atoms with Crippen LogP contribution in [0.5, 0.6) is 0 Å². The summed E-state index contributed by atoms with van der Waals surface area (Å²) < 4.78 is 43.7. The molecule has 2 aromatic heterocycles. The van der Waals surface area contributed by atoms with E-state index in [0.29, 0.717) is 17.5 Å². The number of hydrogen-bond donors (Lipinski definition) is 0. The molecule has 0 saturated heterocycles. The number of benzene rings is 2. The number of carbonyl (C=O) groups excluding carboxylic acids is 1. The first-order valence-electron chi connectivity index (χ1n) is 11.1. The van der Waals surface area contributed by atoms with Crippen LogP contribution in [0.3, 0.4) is 0 Å². The van der Waals surface area contributed by atoms with Crippen molar-refractivity contribution in [3.8, 4) is 28.7 Å². The Labute approximate surface area is 208 Å². The van der Waals surface area contributed by atoms with Crippen LogP contribution in [0.4, 0.5) is 13.2 Å². The largest absolute Gasteiger partial charge is 0.416 e. The van der Waals surface area contributed by atoms with E-state index in [0.717, 1.165) is 21.3 Å². The Morgan fingerprint density at radius 1 is 1.08 bits per heavy atom. The SMILES string of the molecule is Cc1c(-c2ccnn2-c2ccc(C#N)cc2)c(=O)n(C(C)CC=O)c(=O)n1-c1cccc(C(F)(F)F)c1. The van der Waals surface area contributed by atoms with Crippen LogP contribution in [0, 0.1) is 18.3 Å². The molecule has 2 aromatic carbocycles. The quantitative estimate of drug-likeness (QED) is 0.364. The third-order valence-corrected chi connectivity index (χ3v) is 5.98. The van der Waals surface area contributed by atoms with Gasteiger partial charge in [-0.05, 0) is 62.4 Å². The predicted molar refractivity (Wildman–Crippen MR) is 129 cm³/mol. The Hall–Kier alpha value is -4.72. The van der Waals surface area contributed by atoms with Crippen molar-refractivity contribution in [1.82, 2.24) is 18.9 Å². The van der Waals surface area contributed by atoms with E-state index in [4.69, 9.17) is 5.26 Å². The number of nitriles is 1. The van der Waals surface area contributed by atoms with Gasteiger partial charge in [0.25, 0.3) is 5.56 Å². The number of alkyl halides is 3. The number of nitrogens with zero attached hydrogens (tertiary/aromatic N) is 5. The molecule has 37 heavy (non-hydrogen) atoms. The third kappa shape index (κ3) is 4.61. The smallest absolute Gasteiger partial charge is 0.303 e. The first-order valence-corrected chi connectivity index (χ1v) is 11.1. The van der Waals surface area contributed by atoms with Crippen LogP contribution in [-0.2, 0) is 11.0 Å². The number of hydrogen-bond acceptors (Lipinski definition) is 5. The van der Waals surface area contributed by atoms with Crippen LogP contribution in [0.2, 0.25) is 0 Å². The molecule has 1 unspecified atom stereocenters. The standard InChI is InChI=1S/C26H20F3N5O3/c1-16(11-13-35)32-24(36)23(22-10-12-31-34(22)20-8-6-18(15-30)7-9-20)17(2)33(25(32)37)21-5-3-4-19(14-21)26(27,28)29/h3-10,12-14,16H,11H2,1-2H3. The predicted octanol–water partition coefficient (Wildman–Crippen LogP) is 4.20. The van der Waals surface area contributed by atoms with E-state index >= 15 is 0 Å². The highest BCUT2D eigenvalue weighted by Crippen LogP contribution is 2.31. The summed E-state index contributed by atoms with van der Waals surface area (Å²) in [5.41, 5.74) is -1.30. The maximum Gasteiger partial charge on any atom is 0.416 e. The summed E-state index contributed by atoms with van der Waals surface area (Å²) in [6.07, 6.45) is -2.81. The molecule has 0 aliphatic heterocycles. The van der Waals surface area contributed by atoms with Gasteiger partial charge in [-0.3, -0.25) is 13.9 Å². The Morgan fingerprint density at radius 2 is 1.78 bits per heavy atom. The van der Waals surface area contributed by atoms with Crippen LogP contribution in [0.15, 0.2) is 70.4 Å². The number of carbonyl (C=O) groups is 1. The lowest BCUT2D eigenvalue weighted by molar-refractivity contribution is -0.137. The number of halogens is 3. The zero-order chi connectivity index (χ0) is 26.9. The summed E-state index contributed by atoms with van der Waals surface area (Å²) in [6, 6.07) is 13.3. The van der Waals surface area contributed by atoms with Gasteiger partial charge in [-0.1, -0.05) is 6.07 Å². The average molecular weight is 507 g/mol. The minimum absolute atomic E-state index is 0.0246. The summed E-state index contributed by atoms with van der Waals surface area (Å²) in [5, 5.41) is 13.4. The molecule has 0 radical (unpaired) electrons. The van der Waals surface area contributed by atoms with E-state index < -0.39 is 29.0 Å². The topological polar surface area (TPSA) is 103 Å². The van der Waals surface area contributed by atoms with E-state index in [1.807, 2.05) is 6.07 Å². The molecule has 2 heterocycles. The van der Waals surface area contributed by atoms with Crippen molar-refractivity contribution in [3.63, 3.8) is 0 Å². The second-order valence-electron chi connectivity index (χ2n) is 8.34. The van der Waals surface area contributed by atoms with Crippen LogP contribution >= 0.6 is 0 Å². The first-order chi connectivity index (χ1) is 17.6. The lowest BCUT2D eigenvalue weighted by Gasteiger charge is -2.21. The summed E-state index contributed by atoms with van der Waals surface area (Å²) in [7, 11) is 0. The lowest BCUT2D eigenvalue weighted by Crippen LogP contribution is -2.43. The minimum atomic E-state index is -4.65. The molecular formula is C26H20F3N5O3. The molecule has 0 bridgehead atoms. The molecule has 188 valence electrons. The maximum absolute atomic E-state index is 13.7. The molecule has 4 rings (SSSR count). The molecule has 0 saturated carbocycles. The van der Waals surface area contributed by atoms with Crippen molar-refractivity contribution in [3.05, 3.63) is 98.5 Å². The average Bonchev–Trinajstić information content (AvgIpc) is 3.33. The van der Waals surface area contributed by atoms with E-state index in [2.05, 4.69) is 5.10 Å². The second-order valence-corrected chi connectivity index (χ2v) is 8.34. The van der Waals surface area contributed by atoms with Gasteiger partial charge >= 0.3 is 11.9 Å². The molecule has 1 atom stereocenters. The van der Waals surface area contributed by atoms with Crippen LogP contribution < -0.4 is 11.2 Å². The Bertz CT molecular complexity index is 1640. The van der Waals surface area contributed by atoms with Crippen molar-refractivity contribution >= 4 is 6.29 Å². The monoisotopic (exact) mass is 507 g/mol. The Morgan fingerprint density at radius 3 is 2.41 bits per heavy atom. The van der Waals surface area contributed by atoms with Gasteiger partial charge in [0.1, 0.15) is 6.29 Å². The van der Waals surface area contributed by atoms with Gasteiger partial charge in [0.2, 0.25) is 0 Å².